The van der Waals surface area contributed by atoms with Crippen LogP contribution in [0.4, 0.5) is 0 Å². The second kappa shape index (κ2) is 8.40. The second-order valence-corrected chi connectivity index (χ2v) is 8.93. The van der Waals surface area contributed by atoms with E-state index in [1.807, 2.05) is 0 Å². The van der Waals surface area contributed by atoms with Crippen LogP contribution in [0.5, 0.6) is 0 Å². The van der Waals surface area contributed by atoms with Crippen molar-refractivity contribution < 1.29 is 22.8 Å². The third-order valence-corrected chi connectivity index (χ3v) is 6.41. The summed E-state index contributed by atoms with van der Waals surface area (Å²) >= 11 is 0. The Bertz CT molecular complexity index is 842. The molecule has 28 heavy (non-hydrogen) atoms. The maximum Gasteiger partial charge on any atom is 0.238 e. The Hall–Kier alpha value is -2.26. The van der Waals surface area contributed by atoms with Crippen molar-refractivity contribution in [1.29, 1.82) is 0 Å². The lowest BCUT2D eigenvalue weighted by Crippen LogP contribution is -2.35. The first-order chi connectivity index (χ1) is 13.3. The quantitative estimate of drug-likeness (QED) is 0.639. The van der Waals surface area contributed by atoms with Crippen LogP contribution in [0.25, 0.3) is 0 Å². The molecule has 1 saturated carbocycles. The van der Waals surface area contributed by atoms with E-state index in [2.05, 4.69) is 5.32 Å². The largest absolute Gasteiger partial charge is 0.356 e. The van der Waals surface area contributed by atoms with Gasteiger partial charge >= 0.3 is 0 Å². The summed E-state index contributed by atoms with van der Waals surface area (Å²) in [6.45, 7) is 0.500. The van der Waals surface area contributed by atoms with Crippen molar-refractivity contribution in [2.24, 2.45) is 17.0 Å². The molecule has 8 nitrogen and oxygen atoms in total. The van der Waals surface area contributed by atoms with E-state index in [1.165, 1.54) is 17.0 Å². The highest BCUT2D eigenvalue weighted by Gasteiger charge is 2.47. The zero-order chi connectivity index (χ0) is 20.3. The van der Waals surface area contributed by atoms with Crippen molar-refractivity contribution in [2.75, 3.05) is 13.1 Å². The van der Waals surface area contributed by atoms with E-state index in [9.17, 15) is 22.8 Å². The van der Waals surface area contributed by atoms with Gasteiger partial charge < -0.3 is 5.32 Å². The lowest BCUT2D eigenvalue weighted by Gasteiger charge is -2.19. The van der Waals surface area contributed by atoms with Gasteiger partial charge in [-0.2, -0.15) is 0 Å². The van der Waals surface area contributed by atoms with Gasteiger partial charge in [-0.25, -0.2) is 13.6 Å². The summed E-state index contributed by atoms with van der Waals surface area (Å²) in [4.78, 5) is 38.1. The number of imide groups is 1. The number of likely N-dealkylation sites (tertiary alicyclic amines) is 1. The monoisotopic (exact) mass is 407 g/mol. The number of hydrogen-bond donors (Lipinski definition) is 2. The van der Waals surface area contributed by atoms with Gasteiger partial charge in [0, 0.05) is 19.5 Å². The average Bonchev–Trinajstić information content (AvgIpc) is 2.91. The molecule has 152 valence electrons. The minimum atomic E-state index is -3.72. The molecule has 1 aromatic rings. The summed E-state index contributed by atoms with van der Waals surface area (Å²) in [5.41, 5.74) is 0.863. The van der Waals surface area contributed by atoms with E-state index in [4.69, 9.17) is 5.14 Å². The number of carbonyl (C=O) groups is 3. The van der Waals surface area contributed by atoms with Gasteiger partial charge in [0.15, 0.2) is 0 Å². The smallest absolute Gasteiger partial charge is 0.238 e. The number of fused-ring (bicyclic) bond motifs is 1. The zero-order valence-electron chi connectivity index (χ0n) is 15.6. The van der Waals surface area contributed by atoms with Gasteiger partial charge in [-0.3, -0.25) is 19.3 Å². The van der Waals surface area contributed by atoms with Crippen LogP contribution in [-0.4, -0.2) is 44.1 Å². The molecule has 1 heterocycles. The highest BCUT2D eigenvalue weighted by atomic mass is 32.2. The number of primary sulfonamides is 1. The van der Waals surface area contributed by atoms with Crippen molar-refractivity contribution >= 4 is 27.7 Å². The molecule has 0 spiro atoms. The average molecular weight is 407 g/mol. The predicted molar refractivity (Wildman–Crippen MR) is 101 cm³/mol. The molecule has 0 aromatic heterocycles. The zero-order valence-corrected chi connectivity index (χ0v) is 16.4. The van der Waals surface area contributed by atoms with Gasteiger partial charge in [-0.15, -0.1) is 0 Å². The highest BCUT2D eigenvalue weighted by Crippen LogP contribution is 2.37. The molecule has 0 bridgehead atoms. The Labute approximate surface area is 164 Å². The minimum Gasteiger partial charge on any atom is -0.356 e. The van der Waals surface area contributed by atoms with E-state index in [1.54, 1.807) is 12.1 Å². The summed E-state index contributed by atoms with van der Waals surface area (Å²) in [5.74, 6) is -0.860. The summed E-state index contributed by atoms with van der Waals surface area (Å²) < 4.78 is 22.5. The molecular weight excluding hydrogens is 382 g/mol. The number of rotatable bonds is 7. The number of benzene rings is 1. The molecule has 2 aliphatic rings. The first kappa shape index (κ1) is 20.5. The molecule has 0 radical (unpaired) electrons. The number of nitrogens with zero attached hydrogens (tertiary/aromatic N) is 1. The molecule has 9 heteroatoms. The lowest BCUT2D eigenvalue weighted by atomic mass is 9.81. The van der Waals surface area contributed by atoms with Gasteiger partial charge in [0.25, 0.3) is 0 Å². The van der Waals surface area contributed by atoms with Gasteiger partial charge in [-0.05, 0) is 37.0 Å². The normalized spacial score (nSPS) is 22.2. The summed E-state index contributed by atoms with van der Waals surface area (Å²) in [6, 6.07) is 6.15. The summed E-state index contributed by atoms with van der Waals surface area (Å²) in [7, 11) is -3.72. The SMILES string of the molecule is NS(=O)(=O)c1ccc(CCNC(=O)CCN2C(=O)[C@@H]3CCCC[C@H]3C2=O)cc1. The topological polar surface area (TPSA) is 127 Å². The third kappa shape index (κ3) is 4.59. The van der Waals surface area contributed by atoms with Gasteiger partial charge in [-0.1, -0.05) is 25.0 Å². The Morgan fingerprint density at radius 3 is 2.18 bits per heavy atom. The van der Waals surface area contributed by atoms with Gasteiger partial charge in [0.2, 0.25) is 27.7 Å². The molecule has 3 amide bonds. The standard InChI is InChI=1S/C19H25N3O5S/c20-28(26,27)14-7-5-13(6-8-14)9-11-21-17(23)10-12-22-18(24)15-3-1-2-4-16(15)19(22)25/h5-8,15-16H,1-4,9-12H2,(H,21,23)(H2,20,26,27)/t15-,16-/m1/s1. The second-order valence-electron chi connectivity index (χ2n) is 7.36. The van der Waals surface area contributed by atoms with Crippen LogP contribution in [0, 0.1) is 11.8 Å². The Balaban J connectivity index is 1.42. The Morgan fingerprint density at radius 1 is 1.07 bits per heavy atom. The molecule has 1 aliphatic heterocycles. The van der Waals surface area contributed by atoms with Crippen LogP contribution in [-0.2, 0) is 30.8 Å². The fourth-order valence-electron chi connectivity index (χ4n) is 3.95. The van der Waals surface area contributed by atoms with Gasteiger partial charge in [0.05, 0.1) is 16.7 Å². The van der Waals surface area contributed by atoms with Crippen LogP contribution in [0.1, 0.15) is 37.7 Å². The Kier molecular flexibility index (Phi) is 6.14. The molecule has 3 rings (SSSR count). The number of carbonyl (C=O) groups excluding carboxylic acids is 3. The van der Waals surface area contributed by atoms with Crippen molar-refractivity contribution in [3.63, 3.8) is 0 Å². The summed E-state index contributed by atoms with van der Waals surface area (Å²) in [6.07, 6.45) is 4.10. The number of sulfonamides is 1. The third-order valence-electron chi connectivity index (χ3n) is 5.48. The van der Waals surface area contributed by atoms with Crippen LogP contribution in [0.2, 0.25) is 0 Å². The van der Waals surface area contributed by atoms with E-state index in [0.29, 0.717) is 13.0 Å². The van der Waals surface area contributed by atoms with Crippen molar-refractivity contribution in [3.8, 4) is 0 Å². The van der Waals surface area contributed by atoms with Crippen LogP contribution in [0.3, 0.4) is 0 Å². The van der Waals surface area contributed by atoms with Gasteiger partial charge in [0.1, 0.15) is 0 Å². The number of nitrogens with one attached hydrogen (secondary N) is 1. The lowest BCUT2D eigenvalue weighted by molar-refractivity contribution is -0.140. The number of hydrogen-bond acceptors (Lipinski definition) is 5. The maximum absolute atomic E-state index is 12.4. The van der Waals surface area contributed by atoms with E-state index < -0.39 is 10.0 Å². The van der Waals surface area contributed by atoms with E-state index in [0.717, 1.165) is 31.2 Å². The molecular formula is C19H25N3O5S. The number of amides is 3. The fourth-order valence-corrected chi connectivity index (χ4v) is 4.46. The first-order valence-electron chi connectivity index (χ1n) is 9.51. The molecule has 3 N–H and O–H groups in total. The van der Waals surface area contributed by atoms with E-state index >= 15 is 0 Å². The molecule has 0 unspecified atom stereocenters. The molecule has 2 atom stereocenters. The number of nitrogens with two attached hydrogens (primary N) is 1. The summed E-state index contributed by atoms with van der Waals surface area (Å²) in [5, 5.41) is 7.81. The van der Waals surface area contributed by atoms with E-state index in [-0.39, 0.29) is 47.4 Å². The van der Waals surface area contributed by atoms with Crippen molar-refractivity contribution in [2.45, 2.75) is 43.4 Å². The van der Waals surface area contributed by atoms with Crippen LogP contribution >= 0.6 is 0 Å². The Morgan fingerprint density at radius 2 is 1.64 bits per heavy atom. The van der Waals surface area contributed by atoms with Crippen molar-refractivity contribution in [3.05, 3.63) is 29.8 Å². The highest BCUT2D eigenvalue weighted by molar-refractivity contribution is 7.89. The maximum atomic E-state index is 12.4. The predicted octanol–water partition coefficient (Wildman–Crippen LogP) is 0.558. The van der Waals surface area contributed by atoms with Crippen LogP contribution in [0.15, 0.2) is 29.2 Å². The molecule has 1 saturated heterocycles. The molecule has 1 aliphatic carbocycles. The van der Waals surface area contributed by atoms with Crippen molar-refractivity contribution in [1.82, 2.24) is 10.2 Å². The molecule has 2 fully saturated rings. The first-order valence-corrected chi connectivity index (χ1v) is 11.1. The molecule has 1 aromatic carbocycles. The minimum absolute atomic E-state index is 0.0424. The fraction of sp³-hybridized carbons (Fsp3) is 0.526. The van der Waals surface area contributed by atoms with Crippen LogP contribution < -0.4 is 10.5 Å².